The molecule has 0 aromatic heterocycles. The van der Waals surface area contributed by atoms with Crippen LogP contribution in [0.4, 0.5) is 11.4 Å². The summed E-state index contributed by atoms with van der Waals surface area (Å²) in [4.78, 5) is 11.3. The van der Waals surface area contributed by atoms with E-state index in [1.807, 2.05) is 24.3 Å². The summed E-state index contributed by atoms with van der Waals surface area (Å²) in [5.74, 6) is -0.500. The smallest absolute Gasteiger partial charge is 0.250 e. The van der Waals surface area contributed by atoms with E-state index in [1.165, 1.54) is 0 Å². The quantitative estimate of drug-likeness (QED) is 0.743. The number of rotatable bonds is 3. The van der Waals surface area contributed by atoms with Gasteiger partial charge in [0, 0.05) is 10.2 Å². The molecule has 0 radical (unpaired) electrons. The van der Waals surface area contributed by atoms with Crippen molar-refractivity contribution in [3.63, 3.8) is 0 Å². The number of halogens is 1. The molecule has 1 amide bonds. The number of carbonyl (C=O) groups excluding carboxylic acids is 1. The predicted molar refractivity (Wildman–Crippen MR) is 88.9 cm³/mol. The Bertz CT molecular complexity index is 643. The minimum Gasteiger partial charge on any atom is -0.366 e. The Balaban J connectivity index is 2.08. The molecule has 0 atom stereocenters. The van der Waals surface area contributed by atoms with Crippen molar-refractivity contribution in [2.45, 2.75) is 0 Å². The van der Waals surface area contributed by atoms with Gasteiger partial charge in [0.25, 0.3) is 5.91 Å². The molecule has 4 nitrogen and oxygen atoms in total. The molecule has 0 bridgehead atoms. The van der Waals surface area contributed by atoms with E-state index in [1.54, 1.807) is 24.3 Å². The number of anilines is 2. The lowest BCUT2D eigenvalue weighted by atomic mass is 10.1. The molecule has 2 rings (SSSR count). The van der Waals surface area contributed by atoms with Gasteiger partial charge in [0.15, 0.2) is 5.11 Å². The van der Waals surface area contributed by atoms with Crippen molar-refractivity contribution < 1.29 is 4.79 Å². The average molecular weight is 350 g/mol. The fraction of sp³-hybridized carbons (Fsp3) is 0. The number of thiocarbonyl (C=S) groups is 1. The Kier molecular flexibility index (Phi) is 4.70. The van der Waals surface area contributed by atoms with E-state index in [0.29, 0.717) is 16.4 Å². The number of benzene rings is 2. The number of amides is 1. The van der Waals surface area contributed by atoms with Crippen LogP contribution in [-0.2, 0) is 0 Å². The molecular formula is C14H12BrN3OS. The van der Waals surface area contributed by atoms with Crippen LogP contribution in [0.3, 0.4) is 0 Å². The van der Waals surface area contributed by atoms with E-state index >= 15 is 0 Å². The van der Waals surface area contributed by atoms with Gasteiger partial charge in [0.05, 0.1) is 11.3 Å². The molecule has 0 saturated heterocycles. The van der Waals surface area contributed by atoms with Crippen LogP contribution in [0, 0.1) is 0 Å². The number of nitrogens with one attached hydrogen (secondary N) is 2. The molecule has 4 N–H and O–H groups in total. The number of hydrogen-bond acceptors (Lipinski definition) is 2. The Hall–Kier alpha value is -1.92. The minimum absolute atomic E-state index is 0.390. The first kappa shape index (κ1) is 14.5. The fourth-order valence-electron chi connectivity index (χ4n) is 1.62. The highest BCUT2D eigenvalue weighted by atomic mass is 79.9. The van der Waals surface area contributed by atoms with Gasteiger partial charge in [-0.25, -0.2) is 0 Å². The van der Waals surface area contributed by atoms with Crippen LogP contribution >= 0.6 is 28.1 Å². The largest absolute Gasteiger partial charge is 0.366 e. The second kappa shape index (κ2) is 6.49. The topological polar surface area (TPSA) is 67.2 Å². The summed E-state index contributed by atoms with van der Waals surface area (Å²) < 4.78 is 0.987. The summed E-state index contributed by atoms with van der Waals surface area (Å²) in [6.45, 7) is 0. The number of hydrogen-bond donors (Lipinski definition) is 3. The van der Waals surface area contributed by atoms with Crippen molar-refractivity contribution in [2.75, 3.05) is 10.6 Å². The van der Waals surface area contributed by atoms with Crippen molar-refractivity contribution in [3.05, 3.63) is 58.6 Å². The zero-order chi connectivity index (χ0) is 14.5. The molecule has 0 heterocycles. The van der Waals surface area contributed by atoms with Crippen molar-refractivity contribution in [2.24, 2.45) is 5.73 Å². The highest BCUT2D eigenvalue weighted by Crippen LogP contribution is 2.17. The van der Waals surface area contributed by atoms with Gasteiger partial charge < -0.3 is 16.4 Å². The van der Waals surface area contributed by atoms with Crippen LogP contribution in [0.5, 0.6) is 0 Å². The molecule has 0 saturated carbocycles. The molecule has 0 spiro atoms. The van der Waals surface area contributed by atoms with Crippen molar-refractivity contribution in [1.29, 1.82) is 0 Å². The van der Waals surface area contributed by atoms with E-state index < -0.39 is 5.91 Å². The number of para-hydroxylation sites is 1. The Morgan fingerprint density at radius 1 is 1.05 bits per heavy atom. The Morgan fingerprint density at radius 3 is 2.35 bits per heavy atom. The molecule has 102 valence electrons. The zero-order valence-corrected chi connectivity index (χ0v) is 12.8. The maximum atomic E-state index is 11.3. The van der Waals surface area contributed by atoms with Crippen LogP contribution in [0.2, 0.25) is 0 Å². The Morgan fingerprint density at radius 2 is 1.70 bits per heavy atom. The van der Waals surface area contributed by atoms with Crippen molar-refractivity contribution >= 4 is 50.5 Å². The van der Waals surface area contributed by atoms with E-state index in [0.717, 1.165) is 10.2 Å². The SMILES string of the molecule is NC(=O)c1ccccc1NC(=S)Nc1ccc(Br)cc1. The first-order valence-electron chi connectivity index (χ1n) is 5.78. The van der Waals surface area contributed by atoms with E-state index in [9.17, 15) is 4.79 Å². The van der Waals surface area contributed by atoms with Gasteiger partial charge in [-0.05, 0) is 48.6 Å². The summed E-state index contributed by atoms with van der Waals surface area (Å²) in [5.41, 5.74) is 7.14. The molecule has 20 heavy (non-hydrogen) atoms. The number of primary amides is 1. The molecule has 6 heteroatoms. The van der Waals surface area contributed by atoms with Crippen LogP contribution in [0.15, 0.2) is 53.0 Å². The van der Waals surface area contributed by atoms with E-state index in [4.69, 9.17) is 18.0 Å². The first-order chi connectivity index (χ1) is 9.56. The normalized spacial score (nSPS) is 9.85. The molecular weight excluding hydrogens is 338 g/mol. The lowest BCUT2D eigenvalue weighted by Crippen LogP contribution is -2.22. The third-order valence-electron chi connectivity index (χ3n) is 2.54. The zero-order valence-electron chi connectivity index (χ0n) is 10.4. The fourth-order valence-corrected chi connectivity index (χ4v) is 2.12. The van der Waals surface area contributed by atoms with Gasteiger partial charge in [-0.1, -0.05) is 28.1 Å². The summed E-state index contributed by atoms with van der Waals surface area (Å²) >= 11 is 8.57. The van der Waals surface area contributed by atoms with Gasteiger partial charge in [-0.15, -0.1) is 0 Å². The van der Waals surface area contributed by atoms with E-state index in [-0.39, 0.29) is 0 Å². The summed E-state index contributed by atoms with van der Waals surface area (Å²) in [6, 6.07) is 14.5. The third kappa shape index (κ3) is 3.79. The maximum absolute atomic E-state index is 11.3. The Labute approximate surface area is 130 Å². The van der Waals surface area contributed by atoms with Crippen LogP contribution in [0.1, 0.15) is 10.4 Å². The van der Waals surface area contributed by atoms with Crippen LogP contribution in [0.25, 0.3) is 0 Å². The monoisotopic (exact) mass is 349 g/mol. The van der Waals surface area contributed by atoms with Crippen LogP contribution in [-0.4, -0.2) is 11.0 Å². The molecule has 0 unspecified atom stereocenters. The summed E-state index contributed by atoms with van der Waals surface area (Å²) in [5, 5.41) is 6.38. The second-order valence-corrected chi connectivity index (χ2v) is 5.32. The number of nitrogens with two attached hydrogens (primary N) is 1. The van der Waals surface area contributed by atoms with Gasteiger partial charge in [0.2, 0.25) is 0 Å². The average Bonchev–Trinajstić information content (AvgIpc) is 2.41. The lowest BCUT2D eigenvalue weighted by molar-refractivity contribution is 0.100. The second-order valence-electron chi connectivity index (χ2n) is 4.00. The van der Waals surface area contributed by atoms with Gasteiger partial charge in [-0.2, -0.15) is 0 Å². The van der Waals surface area contributed by atoms with Gasteiger partial charge in [0.1, 0.15) is 0 Å². The molecule has 0 aliphatic carbocycles. The molecule has 0 aliphatic heterocycles. The molecule has 0 aliphatic rings. The number of carbonyl (C=O) groups is 1. The van der Waals surface area contributed by atoms with Crippen molar-refractivity contribution in [3.8, 4) is 0 Å². The molecule has 2 aromatic rings. The van der Waals surface area contributed by atoms with Gasteiger partial charge >= 0.3 is 0 Å². The minimum atomic E-state index is -0.500. The highest BCUT2D eigenvalue weighted by Gasteiger charge is 2.08. The van der Waals surface area contributed by atoms with Gasteiger partial charge in [-0.3, -0.25) is 4.79 Å². The van der Waals surface area contributed by atoms with Crippen molar-refractivity contribution in [1.82, 2.24) is 0 Å². The lowest BCUT2D eigenvalue weighted by Gasteiger charge is -2.12. The summed E-state index contributed by atoms with van der Waals surface area (Å²) in [7, 11) is 0. The van der Waals surface area contributed by atoms with E-state index in [2.05, 4.69) is 26.6 Å². The highest BCUT2D eigenvalue weighted by molar-refractivity contribution is 9.10. The molecule has 0 fully saturated rings. The molecule has 2 aromatic carbocycles. The standard InChI is InChI=1S/C14H12BrN3OS/c15-9-5-7-10(8-6-9)17-14(20)18-12-4-2-1-3-11(12)13(16)19/h1-8H,(H2,16,19)(H2,17,18,20). The third-order valence-corrected chi connectivity index (χ3v) is 3.28. The van der Waals surface area contributed by atoms with Crippen LogP contribution < -0.4 is 16.4 Å². The summed E-state index contributed by atoms with van der Waals surface area (Å²) in [6.07, 6.45) is 0. The maximum Gasteiger partial charge on any atom is 0.250 e. The first-order valence-corrected chi connectivity index (χ1v) is 6.99. The predicted octanol–water partition coefficient (Wildman–Crippen LogP) is 3.36.